The number of nitrogens with one attached hydrogen (secondary N) is 1. The Morgan fingerprint density at radius 2 is 1.79 bits per heavy atom. The first-order chi connectivity index (χ1) is 8.99. The van der Waals surface area contributed by atoms with E-state index in [1.165, 1.54) is 30.3 Å². The smallest absolute Gasteiger partial charge is 0.258 e. The first kappa shape index (κ1) is 14.1. The van der Waals surface area contributed by atoms with E-state index in [-0.39, 0.29) is 11.3 Å². The molecule has 1 N–H and O–H groups in total. The van der Waals surface area contributed by atoms with E-state index in [1.807, 2.05) is 0 Å². The topological polar surface area (TPSA) is 29.1 Å². The Morgan fingerprint density at radius 3 is 2.42 bits per heavy atom. The van der Waals surface area contributed by atoms with Crippen LogP contribution in [-0.4, -0.2) is 5.91 Å². The minimum Gasteiger partial charge on any atom is -0.318 e. The molecular weight excluding hydrogens is 384 g/mol. The average molecular weight is 391 g/mol. The van der Waals surface area contributed by atoms with Gasteiger partial charge in [0.2, 0.25) is 0 Å². The van der Waals surface area contributed by atoms with Gasteiger partial charge in [-0.2, -0.15) is 0 Å². The van der Waals surface area contributed by atoms with Crippen molar-refractivity contribution in [3.8, 4) is 0 Å². The molecule has 19 heavy (non-hydrogen) atoms. The van der Waals surface area contributed by atoms with Crippen LogP contribution in [0, 0.1) is 11.6 Å². The zero-order valence-electron chi connectivity index (χ0n) is 9.38. The number of rotatable bonds is 2. The Labute approximate surface area is 125 Å². The second-order valence-electron chi connectivity index (χ2n) is 3.67. The maximum absolute atomic E-state index is 13.6. The number of hydrogen-bond acceptors (Lipinski definition) is 1. The summed E-state index contributed by atoms with van der Waals surface area (Å²) in [4.78, 5) is 11.9. The quantitative estimate of drug-likeness (QED) is 0.788. The molecule has 0 saturated heterocycles. The lowest BCUT2D eigenvalue weighted by atomic mass is 10.2. The van der Waals surface area contributed by atoms with Crippen molar-refractivity contribution in [2.24, 2.45) is 0 Å². The summed E-state index contributed by atoms with van der Waals surface area (Å²) >= 11 is 6.22. The summed E-state index contributed by atoms with van der Waals surface area (Å²) in [5.74, 6) is -1.99. The van der Waals surface area contributed by atoms with E-state index in [9.17, 15) is 13.6 Å². The van der Waals surface area contributed by atoms with E-state index < -0.39 is 17.5 Å². The lowest BCUT2D eigenvalue weighted by molar-refractivity contribution is 0.102. The number of hydrogen-bond donors (Lipinski definition) is 1. The summed E-state index contributed by atoms with van der Waals surface area (Å²) < 4.78 is 28.1. The molecule has 0 heterocycles. The maximum atomic E-state index is 13.6. The van der Waals surface area contributed by atoms with Crippen molar-refractivity contribution in [3.05, 3.63) is 62.5 Å². The monoisotopic (exact) mass is 389 g/mol. The van der Waals surface area contributed by atoms with Gasteiger partial charge in [-0.1, -0.05) is 22.0 Å². The van der Waals surface area contributed by atoms with Crippen molar-refractivity contribution in [2.75, 3.05) is 5.32 Å². The molecule has 0 aromatic heterocycles. The van der Waals surface area contributed by atoms with Gasteiger partial charge in [-0.3, -0.25) is 4.79 Å². The van der Waals surface area contributed by atoms with E-state index in [4.69, 9.17) is 0 Å². The third-order valence-corrected chi connectivity index (χ3v) is 3.53. The summed E-state index contributed by atoms with van der Waals surface area (Å²) in [6, 6.07) is 8.31. The Morgan fingerprint density at radius 1 is 1.05 bits per heavy atom. The van der Waals surface area contributed by atoms with Gasteiger partial charge in [-0.05, 0) is 46.3 Å². The zero-order valence-corrected chi connectivity index (χ0v) is 12.6. The largest absolute Gasteiger partial charge is 0.318 e. The molecule has 98 valence electrons. The number of benzene rings is 2. The van der Waals surface area contributed by atoms with Crippen molar-refractivity contribution >= 4 is 43.5 Å². The van der Waals surface area contributed by atoms with E-state index in [2.05, 4.69) is 37.2 Å². The van der Waals surface area contributed by atoms with Crippen LogP contribution in [0.1, 0.15) is 10.4 Å². The molecule has 0 spiro atoms. The predicted molar refractivity (Wildman–Crippen MR) is 76.2 cm³/mol. The van der Waals surface area contributed by atoms with Gasteiger partial charge in [-0.25, -0.2) is 8.78 Å². The van der Waals surface area contributed by atoms with Crippen LogP contribution in [0.25, 0.3) is 0 Å². The van der Waals surface area contributed by atoms with Gasteiger partial charge in [0, 0.05) is 8.95 Å². The molecule has 2 nitrogen and oxygen atoms in total. The first-order valence-electron chi connectivity index (χ1n) is 5.19. The minimum atomic E-state index is -0.712. The van der Waals surface area contributed by atoms with E-state index in [0.717, 1.165) is 0 Å². The lowest BCUT2D eigenvalue weighted by Crippen LogP contribution is -2.15. The number of anilines is 1. The second kappa shape index (κ2) is 5.79. The second-order valence-corrected chi connectivity index (χ2v) is 5.44. The van der Waals surface area contributed by atoms with Crippen LogP contribution in [0.3, 0.4) is 0 Å². The Kier molecular flexibility index (Phi) is 4.31. The highest BCUT2D eigenvalue weighted by Gasteiger charge is 2.15. The fourth-order valence-electron chi connectivity index (χ4n) is 1.47. The van der Waals surface area contributed by atoms with Crippen LogP contribution in [0.2, 0.25) is 0 Å². The van der Waals surface area contributed by atoms with Crippen LogP contribution in [0.15, 0.2) is 45.3 Å². The van der Waals surface area contributed by atoms with Gasteiger partial charge in [-0.15, -0.1) is 0 Å². The minimum absolute atomic E-state index is 0.0187. The summed E-state index contributed by atoms with van der Waals surface area (Å²) in [5.41, 5.74) is -0.173. The standard InChI is InChI=1S/C13H7Br2F2NO/c14-7-4-5-8(11(17)6-7)13(19)18-12-9(15)2-1-3-10(12)16/h1-6H,(H,18,19). The van der Waals surface area contributed by atoms with Crippen molar-refractivity contribution in [1.29, 1.82) is 0 Å². The fourth-order valence-corrected chi connectivity index (χ4v) is 2.25. The number of amides is 1. The third-order valence-electron chi connectivity index (χ3n) is 2.38. The summed E-state index contributed by atoms with van der Waals surface area (Å²) in [5, 5.41) is 2.34. The molecule has 2 aromatic rings. The number of halogens is 4. The highest BCUT2D eigenvalue weighted by molar-refractivity contribution is 9.10. The molecule has 1 amide bonds. The molecule has 0 radical (unpaired) electrons. The molecule has 0 aliphatic rings. The Hall–Kier alpha value is -1.27. The number of para-hydroxylation sites is 1. The molecule has 2 rings (SSSR count). The van der Waals surface area contributed by atoms with Gasteiger partial charge in [0.1, 0.15) is 11.6 Å². The maximum Gasteiger partial charge on any atom is 0.258 e. The SMILES string of the molecule is O=C(Nc1c(F)cccc1Br)c1ccc(Br)cc1F. The third kappa shape index (κ3) is 3.19. The van der Waals surface area contributed by atoms with Gasteiger partial charge in [0.25, 0.3) is 5.91 Å². The van der Waals surface area contributed by atoms with Crippen LogP contribution >= 0.6 is 31.9 Å². The van der Waals surface area contributed by atoms with Crippen molar-refractivity contribution < 1.29 is 13.6 Å². The molecular formula is C13H7Br2F2NO. The molecule has 2 aromatic carbocycles. The summed E-state index contributed by atoms with van der Waals surface area (Å²) in [6.45, 7) is 0. The van der Waals surface area contributed by atoms with Crippen molar-refractivity contribution in [1.82, 2.24) is 0 Å². The Bertz CT molecular complexity index is 626. The van der Waals surface area contributed by atoms with Crippen LogP contribution < -0.4 is 5.32 Å². The summed E-state index contributed by atoms with van der Waals surface area (Å²) in [7, 11) is 0. The predicted octanol–water partition coefficient (Wildman–Crippen LogP) is 4.74. The molecule has 0 atom stereocenters. The van der Waals surface area contributed by atoms with E-state index in [0.29, 0.717) is 8.95 Å². The molecule has 0 saturated carbocycles. The zero-order chi connectivity index (χ0) is 14.0. The fraction of sp³-hybridized carbons (Fsp3) is 0. The van der Waals surface area contributed by atoms with Crippen LogP contribution in [-0.2, 0) is 0 Å². The normalized spacial score (nSPS) is 10.3. The van der Waals surface area contributed by atoms with Crippen molar-refractivity contribution in [2.45, 2.75) is 0 Å². The highest BCUT2D eigenvalue weighted by Crippen LogP contribution is 2.26. The Balaban J connectivity index is 2.31. The van der Waals surface area contributed by atoms with Crippen LogP contribution in [0.5, 0.6) is 0 Å². The highest BCUT2D eigenvalue weighted by atomic mass is 79.9. The molecule has 0 fully saturated rings. The lowest BCUT2D eigenvalue weighted by Gasteiger charge is -2.09. The number of carbonyl (C=O) groups is 1. The van der Waals surface area contributed by atoms with Crippen LogP contribution in [0.4, 0.5) is 14.5 Å². The van der Waals surface area contributed by atoms with Gasteiger partial charge in [0.15, 0.2) is 0 Å². The molecule has 0 aliphatic carbocycles. The van der Waals surface area contributed by atoms with E-state index in [1.54, 1.807) is 6.07 Å². The van der Waals surface area contributed by atoms with Crippen molar-refractivity contribution in [3.63, 3.8) is 0 Å². The van der Waals surface area contributed by atoms with Gasteiger partial charge >= 0.3 is 0 Å². The summed E-state index contributed by atoms with van der Waals surface area (Å²) in [6.07, 6.45) is 0. The average Bonchev–Trinajstić information content (AvgIpc) is 2.33. The van der Waals surface area contributed by atoms with Gasteiger partial charge in [0.05, 0.1) is 11.3 Å². The molecule has 0 unspecified atom stereocenters. The molecule has 6 heteroatoms. The number of carbonyl (C=O) groups excluding carboxylic acids is 1. The molecule has 0 bridgehead atoms. The molecule has 0 aliphatic heterocycles. The first-order valence-corrected chi connectivity index (χ1v) is 6.78. The van der Waals surface area contributed by atoms with E-state index >= 15 is 0 Å². The van der Waals surface area contributed by atoms with Gasteiger partial charge < -0.3 is 5.32 Å².